The van der Waals surface area contributed by atoms with Gasteiger partial charge in [0.05, 0.1) is 5.69 Å². The van der Waals surface area contributed by atoms with Crippen molar-refractivity contribution in [2.45, 2.75) is 45.6 Å². The van der Waals surface area contributed by atoms with Gasteiger partial charge in [0.1, 0.15) is 5.71 Å². The quantitative estimate of drug-likeness (QED) is 0.928. The average molecular weight is 299 g/mol. The molecule has 1 aromatic rings. The van der Waals surface area contributed by atoms with Crippen LogP contribution in [0.2, 0.25) is 0 Å². The number of nitrogens with one attached hydrogen (secondary N) is 1. The van der Waals surface area contributed by atoms with Gasteiger partial charge in [0.25, 0.3) is 5.91 Å². The number of hydrogen-bond donors (Lipinski definition) is 1. The van der Waals surface area contributed by atoms with E-state index in [1.165, 1.54) is 17.9 Å². The lowest BCUT2D eigenvalue weighted by molar-refractivity contribution is -0.119. The van der Waals surface area contributed by atoms with Crippen LogP contribution in [0.15, 0.2) is 29.4 Å². The minimum Gasteiger partial charge on any atom is -0.348 e. The molecule has 22 heavy (non-hydrogen) atoms. The summed E-state index contributed by atoms with van der Waals surface area (Å²) in [7, 11) is 0. The number of amides is 2. The summed E-state index contributed by atoms with van der Waals surface area (Å²) < 4.78 is 0. The van der Waals surface area contributed by atoms with Gasteiger partial charge in [-0.25, -0.2) is 5.01 Å². The first-order valence-electron chi connectivity index (χ1n) is 7.82. The van der Waals surface area contributed by atoms with E-state index in [0.717, 1.165) is 5.56 Å². The van der Waals surface area contributed by atoms with Crippen molar-refractivity contribution in [3.8, 4) is 0 Å². The lowest BCUT2D eigenvalue weighted by Gasteiger charge is -2.24. The van der Waals surface area contributed by atoms with Crippen LogP contribution in [0.5, 0.6) is 0 Å². The van der Waals surface area contributed by atoms with Gasteiger partial charge in [-0.1, -0.05) is 12.1 Å². The van der Waals surface area contributed by atoms with Gasteiger partial charge in [-0.15, -0.1) is 0 Å². The summed E-state index contributed by atoms with van der Waals surface area (Å²) in [6.45, 7) is 4.00. The van der Waals surface area contributed by atoms with Crippen LogP contribution in [0, 0.1) is 12.8 Å². The molecule has 2 amide bonds. The summed E-state index contributed by atoms with van der Waals surface area (Å²) in [5.74, 6) is 0.379. The van der Waals surface area contributed by atoms with Crippen molar-refractivity contribution in [2.75, 3.05) is 5.01 Å². The first kappa shape index (κ1) is 14.8. The molecule has 0 aromatic heterocycles. The van der Waals surface area contributed by atoms with Gasteiger partial charge < -0.3 is 5.32 Å². The summed E-state index contributed by atoms with van der Waals surface area (Å²) in [5.41, 5.74) is 2.21. The standard InChI is InChI=1S/C17H21N3O2/c1-11-4-3-5-14(10-11)20-16(21)9-8-15(19-20)17(22)18-12(2)13-6-7-13/h3-5,10,12-13H,6-9H2,1-2H3,(H,18,22). The van der Waals surface area contributed by atoms with Crippen LogP contribution in [0.3, 0.4) is 0 Å². The Labute approximate surface area is 130 Å². The summed E-state index contributed by atoms with van der Waals surface area (Å²) in [6.07, 6.45) is 3.09. The molecule has 1 heterocycles. The third-order valence-corrected chi connectivity index (χ3v) is 4.23. The van der Waals surface area contributed by atoms with Crippen molar-refractivity contribution in [1.29, 1.82) is 0 Å². The van der Waals surface area contributed by atoms with E-state index in [1.54, 1.807) is 0 Å². The molecule has 1 unspecified atom stereocenters. The molecule has 5 nitrogen and oxygen atoms in total. The zero-order valence-electron chi connectivity index (χ0n) is 13.0. The van der Waals surface area contributed by atoms with Crippen molar-refractivity contribution in [2.24, 2.45) is 11.0 Å². The van der Waals surface area contributed by atoms with Crippen molar-refractivity contribution in [3.05, 3.63) is 29.8 Å². The van der Waals surface area contributed by atoms with Gasteiger partial charge in [0, 0.05) is 18.9 Å². The van der Waals surface area contributed by atoms with Gasteiger partial charge in [0.15, 0.2) is 0 Å². The second kappa shape index (κ2) is 5.91. The normalized spacial score (nSPS) is 19.6. The number of hydrazone groups is 1. The fraction of sp³-hybridized carbons (Fsp3) is 0.471. The van der Waals surface area contributed by atoms with E-state index >= 15 is 0 Å². The number of hydrogen-bond acceptors (Lipinski definition) is 3. The minimum atomic E-state index is -0.149. The Morgan fingerprint density at radius 1 is 1.36 bits per heavy atom. The van der Waals surface area contributed by atoms with Gasteiger partial charge in [-0.05, 0) is 50.3 Å². The Kier molecular flexibility index (Phi) is 3.96. The maximum Gasteiger partial charge on any atom is 0.267 e. The third kappa shape index (κ3) is 3.18. The van der Waals surface area contributed by atoms with Gasteiger partial charge in [0.2, 0.25) is 5.91 Å². The van der Waals surface area contributed by atoms with Crippen LogP contribution in [0.1, 0.15) is 38.2 Å². The number of aryl methyl sites for hydroxylation is 1. The monoisotopic (exact) mass is 299 g/mol. The van der Waals surface area contributed by atoms with Gasteiger partial charge in [-0.3, -0.25) is 9.59 Å². The molecule has 1 aromatic carbocycles. The molecule has 1 saturated carbocycles. The zero-order valence-corrected chi connectivity index (χ0v) is 13.0. The predicted octanol–water partition coefficient (Wildman–Crippen LogP) is 2.39. The Bertz CT molecular complexity index is 635. The fourth-order valence-corrected chi connectivity index (χ4v) is 2.68. The van der Waals surface area contributed by atoms with Crippen LogP contribution < -0.4 is 10.3 Å². The van der Waals surface area contributed by atoms with E-state index in [2.05, 4.69) is 10.4 Å². The molecule has 0 spiro atoms. The van der Waals surface area contributed by atoms with Gasteiger partial charge >= 0.3 is 0 Å². The van der Waals surface area contributed by atoms with Crippen LogP contribution >= 0.6 is 0 Å². The molecule has 1 atom stereocenters. The van der Waals surface area contributed by atoms with Crippen molar-refractivity contribution in [3.63, 3.8) is 0 Å². The molecule has 3 rings (SSSR count). The Hall–Kier alpha value is -2.17. The molecule has 0 bridgehead atoms. The molecular weight excluding hydrogens is 278 g/mol. The highest BCUT2D eigenvalue weighted by atomic mass is 16.2. The molecule has 0 radical (unpaired) electrons. The molecule has 5 heteroatoms. The summed E-state index contributed by atoms with van der Waals surface area (Å²) in [4.78, 5) is 24.4. The number of benzene rings is 1. The third-order valence-electron chi connectivity index (χ3n) is 4.23. The minimum absolute atomic E-state index is 0.0719. The lowest BCUT2D eigenvalue weighted by Crippen LogP contribution is -2.42. The van der Waals surface area contributed by atoms with Crippen LogP contribution in [-0.4, -0.2) is 23.6 Å². The summed E-state index contributed by atoms with van der Waals surface area (Å²) in [5, 5.41) is 8.65. The smallest absolute Gasteiger partial charge is 0.267 e. The van der Waals surface area contributed by atoms with Crippen molar-refractivity contribution >= 4 is 23.2 Å². The summed E-state index contributed by atoms with van der Waals surface area (Å²) in [6, 6.07) is 7.76. The second-order valence-electron chi connectivity index (χ2n) is 6.19. The lowest BCUT2D eigenvalue weighted by atomic mass is 10.1. The second-order valence-corrected chi connectivity index (χ2v) is 6.19. The first-order valence-corrected chi connectivity index (χ1v) is 7.82. The van der Waals surface area contributed by atoms with E-state index in [-0.39, 0.29) is 17.9 Å². The molecule has 116 valence electrons. The highest BCUT2D eigenvalue weighted by molar-refractivity contribution is 6.40. The van der Waals surface area contributed by atoms with Gasteiger partial charge in [-0.2, -0.15) is 5.10 Å². The molecule has 1 fully saturated rings. The molecular formula is C17H21N3O2. The highest BCUT2D eigenvalue weighted by Gasteiger charge is 2.31. The molecule has 1 aliphatic heterocycles. The summed E-state index contributed by atoms with van der Waals surface area (Å²) >= 11 is 0. The van der Waals surface area contributed by atoms with E-state index < -0.39 is 0 Å². The Morgan fingerprint density at radius 2 is 2.14 bits per heavy atom. The number of rotatable bonds is 4. The molecule has 0 saturated heterocycles. The topological polar surface area (TPSA) is 61.8 Å². The van der Waals surface area contributed by atoms with E-state index in [9.17, 15) is 9.59 Å². The van der Waals surface area contributed by atoms with Crippen molar-refractivity contribution < 1.29 is 9.59 Å². The number of carbonyl (C=O) groups excluding carboxylic acids is 2. The van der Waals surface area contributed by atoms with E-state index in [4.69, 9.17) is 0 Å². The van der Waals surface area contributed by atoms with Crippen LogP contribution in [0.25, 0.3) is 0 Å². The number of nitrogens with zero attached hydrogens (tertiary/aromatic N) is 2. The number of anilines is 1. The van der Waals surface area contributed by atoms with E-state index in [0.29, 0.717) is 30.2 Å². The SMILES string of the molecule is Cc1cccc(N2N=C(C(=O)NC(C)C3CC3)CCC2=O)c1. The Balaban J connectivity index is 1.78. The van der Waals surface area contributed by atoms with Crippen LogP contribution in [0.4, 0.5) is 5.69 Å². The molecule has 1 aliphatic carbocycles. The van der Waals surface area contributed by atoms with E-state index in [1.807, 2.05) is 38.1 Å². The molecule has 2 aliphatic rings. The average Bonchev–Trinajstić information content (AvgIpc) is 3.32. The first-order chi connectivity index (χ1) is 10.5. The maximum atomic E-state index is 12.3. The van der Waals surface area contributed by atoms with Crippen molar-refractivity contribution in [1.82, 2.24) is 5.32 Å². The highest BCUT2D eigenvalue weighted by Crippen LogP contribution is 2.32. The molecule has 1 N–H and O–H groups in total. The van der Waals surface area contributed by atoms with Crippen LogP contribution in [-0.2, 0) is 9.59 Å². The fourth-order valence-electron chi connectivity index (χ4n) is 2.68. The Morgan fingerprint density at radius 3 is 2.82 bits per heavy atom. The zero-order chi connectivity index (χ0) is 15.7. The largest absolute Gasteiger partial charge is 0.348 e. The maximum absolute atomic E-state index is 12.3. The number of carbonyl (C=O) groups is 2. The predicted molar refractivity (Wildman–Crippen MR) is 85.7 cm³/mol.